The normalized spacial score (nSPS) is 17.5. The number of Topliss-reactive ketones (excluding diaryl/α,β-unsaturated/α-hetero) is 1. The highest BCUT2D eigenvalue weighted by Crippen LogP contribution is 2.36. The van der Waals surface area contributed by atoms with Crippen LogP contribution in [0.15, 0.2) is 43.5 Å². The number of anilines is 1. The van der Waals surface area contributed by atoms with Crippen molar-refractivity contribution in [2.45, 2.75) is 30.2 Å². The van der Waals surface area contributed by atoms with E-state index in [-0.39, 0.29) is 40.9 Å². The van der Waals surface area contributed by atoms with Gasteiger partial charge in [-0.25, -0.2) is 4.79 Å². The lowest BCUT2D eigenvalue weighted by Gasteiger charge is -2.23. The van der Waals surface area contributed by atoms with Crippen molar-refractivity contribution in [3.63, 3.8) is 0 Å². The molecule has 11 nitrogen and oxygen atoms in total. The molecule has 1 aliphatic carbocycles. The topological polar surface area (TPSA) is 155 Å². The molecule has 12 heteroatoms. The molecule has 1 atom stereocenters. The number of hydrogen-bond acceptors (Lipinski definition) is 10. The van der Waals surface area contributed by atoms with Crippen molar-refractivity contribution in [3.05, 3.63) is 56.6 Å². The minimum absolute atomic E-state index is 0.0788. The lowest BCUT2D eigenvalue weighted by atomic mass is 10.2. The third kappa shape index (κ3) is 3.69. The molecule has 1 aliphatic heterocycles. The van der Waals surface area contributed by atoms with E-state index in [4.69, 9.17) is 19.6 Å². The monoisotopic (exact) mass is 443 g/mol. The Bertz CT molecular complexity index is 1280. The zero-order chi connectivity index (χ0) is 21.5. The van der Waals surface area contributed by atoms with Gasteiger partial charge in [0.1, 0.15) is 18.0 Å². The Balaban J connectivity index is 1.28. The van der Waals surface area contributed by atoms with Gasteiger partial charge in [0.2, 0.25) is 6.10 Å². The number of ketones is 1. The van der Waals surface area contributed by atoms with E-state index < -0.39 is 23.1 Å². The molecule has 1 aromatic carbocycles. The van der Waals surface area contributed by atoms with E-state index in [1.165, 1.54) is 4.57 Å². The van der Waals surface area contributed by atoms with Crippen molar-refractivity contribution >= 4 is 23.4 Å². The Kier molecular flexibility index (Phi) is 4.77. The highest BCUT2D eigenvalue weighted by Gasteiger charge is 2.31. The first-order valence-electron chi connectivity index (χ1n) is 9.53. The van der Waals surface area contributed by atoms with Crippen molar-refractivity contribution in [2.75, 3.05) is 18.1 Å². The molecule has 1 fully saturated rings. The molecule has 0 radical (unpaired) electrons. The lowest BCUT2D eigenvalue weighted by Crippen LogP contribution is -2.36. The average molecular weight is 443 g/mol. The number of carbonyl (C=O) groups excluding carboxylic acids is 1. The van der Waals surface area contributed by atoms with Gasteiger partial charge in [-0.05, 0) is 25.0 Å². The van der Waals surface area contributed by atoms with E-state index in [0.717, 1.165) is 24.6 Å². The van der Waals surface area contributed by atoms with Crippen LogP contribution < -0.4 is 26.5 Å². The van der Waals surface area contributed by atoms with E-state index in [0.29, 0.717) is 11.5 Å². The molecule has 3 N–H and O–H groups in total. The van der Waals surface area contributed by atoms with Gasteiger partial charge in [-0.2, -0.15) is 0 Å². The maximum absolute atomic E-state index is 12.6. The summed E-state index contributed by atoms with van der Waals surface area (Å²) in [4.78, 5) is 38.9. The van der Waals surface area contributed by atoms with Crippen molar-refractivity contribution in [3.8, 4) is 11.5 Å². The van der Waals surface area contributed by atoms with E-state index in [2.05, 4.69) is 15.2 Å². The number of nitrogens with two attached hydrogens (primary N) is 1. The fourth-order valence-electron chi connectivity index (χ4n) is 3.28. The van der Waals surface area contributed by atoms with Gasteiger partial charge in [0.15, 0.2) is 17.3 Å². The number of aromatic amines is 1. The van der Waals surface area contributed by atoms with Gasteiger partial charge in [0, 0.05) is 6.04 Å². The molecule has 5 rings (SSSR count). The summed E-state index contributed by atoms with van der Waals surface area (Å²) >= 11 is 0.963. The summed E-state index contributed by atoms with van der Waals surface area (Å²) in [5.41, 5.74) is 4.32. The third-order valence-corrected chi connectivity index (χ3v) is 5.72. The maximum atomic E-state index is 12.6. The molecule has 0 unspecified atom stereocenters. The number of hydrogen-bond donors (Lipinski definition) is 2. The highest BCUT2D eigenvalue weighted by molar-refractivity contribution is 7.99. The first kappa shape index (κ1) is 19.4. The average Bonchev–Trinajstić information content (AvgIpc) is 3.47. The first-order valence-corrected chi connectivity index (χ1v) is 10.5. The number of para-hydroxylation sites is 2. The van der Waals surface area contributed by atoms with Crippen LogP contribution in [0.4, 0.5) is 5.82 Å². The number of benzene rings is 1. The number of thioether (sulfide) groups is 1. The second kappa shape index (κ2) is 7.61. The zero-order valence-electron chi connectivity index (χ0n) is 16.1. The zero-order valence-corrected chi connectivity index (χ0v) is 16.9. The Hall–Kier alpha value is -3.54. The van der Waals surface area contributed by atoms with Gasteiger partial charge in [-0.1, -0.05) is 23.9 Å². The molecule has 0 saturated heterocycles. The van der Waals surface area contributed by atoms with Crippen molar-refractivity contribution in [1.82, 2.24) is 19.7 Å². The number of aromatic nitrogens is 4. The summed E-state index contributed by atoms with van der Waals surface area (Å²) in [5, 5.41) is 8.01. The maximum Gasteiger partial charge on any atom is 0.330 e. The summed E-state index contributed by atoms with van der Waals surface area (Å²) in [6.45, 7) is 0.205. The smallest absolute Gasteiger partial charge is 0.330 e. The Morgan fingerprint density at radius 3 is 2.77 bits per heavy atom. The van der Waals surface area contributed by atoms with Crippen molar-refractivity contribution < 1.29 is 18.7 Å². The number of nitrogens with zero attached hydrogens (tertiary/aromatic N) is 3. The predicted octanol–water partition coefficient (Wildman–Crippen LogP) is 1.32. The van der Waals surface area contributed by atoms with Crippen molar-refractivity contribution in [1.29, 1.82) is 0 Å². The number of fused-ring (bicyclic) bond motifs is 1. The Morgan fingerprint density at radius 2 is 2.00 bits per heavy atom. The molecule has 3 heterocycles. The van der Waals surface area contributed by atoms with E-state index in [9.17, 15) is 14.4 Å². The molecule has 2 aliphatic rings. The lowest BCUT2D eigenvalue weighted by molar-refractivity contribution is 0.0686. The quantitative estimate of drug-likeness (QED) is 0.421. The molecule has 160 valence electrons. The number of H-pyrrole nitrogens is 1. The molecule has 2 aromatic heterocycles. The van der Waals surface area contributed by atoms with Crippen LogP contribution in [-0.4, -0.2) is 37.9 Å². The molecule has 3 aromatic rings. The second-order valence-corrected chi connectivity index (χ2v) is 8.03. The summed E-state index contributed by atoms with van der Waals surface area (Å²) in [5.74, 6) is 0.603. The SMILES string of the molecule is Nc1c(C(=O)CSc2nnc([C@@H]3COc4ccccc4O3)o2)c(=O)[nH]c(=O)n1C1CC1. The summed E-state index contributed by atoms with van der Waals surface area (Å²) in [6, 6.07) is 7.16. The van der Waals surface area contributed by atoms with Crippen LogP contribution >= 0.6 is 11.8 Å². The molecule has 1 saturated carbocycles. The Morgan fingerprint density at radius 1 is 1.23 bits per heavy atom. The van der Waals surface area contributed by atoms with E-state index in [1.54, 1.807) is 12.1 Å². The molecular formula is C19H17N5O6S. The van der Waals surface area contributed by atoms with Gasteiger partial charge < -0.3 is 19.6 Å². The fourth-order valence-corrected chi connectivity index (χ4v) is 3.92. The van der Waals surface area contributed by atoms with Gasteiger partial charge in [-0.15, -0.1) is 10.2 Å². The molecule has 31 heavy (non-hydrogen) atoms. The largest absolute Gasteiger partial charge is 0.485 e. The second-order valence-electron chi connectivity index (χ2n) is 7.10. The standard InChI is InChI=1S/C19H17N5O6S/c20-15-14(16(26)21-18(27)24(15)9-5-6-9)10(25)8-31-19-23-22-17(30-19)13-7-28-11-3-1-2-4-12(11)29-13/h1-4,9,13H,5-8,20H2,(H,21,26,27)/t13-/m0/s1. The number of carbonyl (C=O) groups is 1. The van der Waals surface area contributed by atoms with Crippen LogP contribution in [0.2, 0.25) is 0 Å². The van der Waals surface area contributed by atoms with E-state index in [1.807, 2.05) is 12.1 Å². The van der Waals surface area contributed by atoms with Crippen LogP contribution in [0, 0.1) is 0 Å². The molecule has 0 amide bonds. The van der Waals surface area contributed by atoms with Crippen LogP contribution in [0.5, 0.6) is 11.5 Å². The van der Waals surface area contributed by atoms with Gasteiger partial charge in [0.05, 0.1) is 5.75 Å². The van der Waals surface area contributed by atoms with Crippen LogP contribution in [0.25, 0.3) is 0 Å². The number of rotatable bonds is 6. The number of ether oxygens (including phenoxy) is 2. The van der Waals surface area contributed by atoms with Gasteiger partial charge in [0.25, 0.3) is 16.7 Å². The molecular weight excluding hydrogens is 426 g/mol. The van der Waals surface area contributed by atoms with Crippen molar-refractivity contribution in [2.24, 2.45) is 0 Å². The highest BCUT2D eigenvalue weighted by atomic mass is 32.2. The van der Waals surface area contributed by atoms with E-state index >= 15 is 0 Å². The molecule has 0 spiro atoms. The fraction of sp³-hybridized carbons (Fsp3) is 0.316. The van der Waals surface area contributed by atoms with Gasteiger partial charge >= 0.3 is 5.69 Å². The first-order chi connectivity index (χ1) is 15.0. The summed E-state index contributed by atoms with van der Waals surface area (Å²) < 4.78 is 18.3. The third-order valence-electron chi connectivity index (χ3n) is 4.91. The predicted molar refractivity (Wildman–Crippen MR) is 109 cm³/mol. The van der Waals surface area contributed by atoms with Crippen LogP contribution in [0.1, 0.15) is 41.2 Å². The Labute approximate surface area is 178 Å². The minimum atomic E-state index is -0.803. The molecule has 0 bridgehead atoms. The van der Waals surface area contributed by atoms with Crippen LogP contribution in [0.3, 0.4) is 0 Å². The summed E-state index contributed by atoms with van der Waals surface area (Å²) in [6.07, 6.45) is 0.981. The minimum Gasteiger partial charge on any atom is -0.485 e. The number of nitrogens with one attached hydrogen (secondary N) is 1. The van der Waals surface area contributed by atoms with Crippen LogP contribution in [-0.2, 0) is 0 Å². The number of nitrogen functional groups attached to an aromatic ring is 1. The van der Waals surface area contributed by atoms with Gasteiger partial charge in [-0.3, -0.25) is 19.1 Å². The summed E-state index contributed by atoms with van der Waals surface area (Å²) in [7, 11) is 0.